The topological polar surface area (TPSA) is 9.23 Å². The van der Waals surface area contributed by atoms with Crippen LogP contribution in [0.3, 0.4) is 0 Å². The number of hydrogen-bond donors (Lipinski definition) is 0. The molecule has 0 heterocycles. The van der Waals surface area contributed by atoms with E-state index >= 15 is 0 Å². The van der Waals surface area contributed by atoms with E-state index in [9.17, 15) is 0 Å². The number of aryl methyl sites for hydroxylation is 1. The monoisotopic (exact) mass is 246 g/mol. The molecule has 1 aliphatic carbocycles. The van der Waals surface area contributed by atoms with Crippen molar-refractivity contribution in [2.24, 2.45) is 0 Å². The number of hydrogen-bond acceptors (Lipinski definition) is 1. The fourth-order valence-corrected chi connectivity index (χ4v) is 3.21. The van der Waals surface area contributed by atoms with Gasteiger partial charge in [-0.1, -0.05) is 44.7 Å². The smallest absolute Gasteiger partial charge is 0.123 e. The summed E-state index contributed by atoms with van der Waals surface area (Å²) in [6.07, 6.45) is 9.29. The summed E-state index contributed by atoms with van der Waals surface area (Å²) in [5, 5.41) is 0. The van der Waals surface area contributed by atoms with E-state index in [-0.39, 0.29) is 0 Å². The van der Waals surface area contributed by atoms with E-state index in [0.717, 1.165) is 18.3 Å². The lowest BCUT2D eigenvalue weighted by Gasteiger charge is -2.26. The molecule has 0 N–H and O–H groups in total. The minimum atomic E-state index is 0.739. The number of ether oxygens (including phenoxy) is 1. The van der Waals surface area contributed by atoms with Crippen LogP contribution in [0.15, 0.2) is 18.2 Å². The van der Waals surface area contributed by atoms with E-state index in [4.69, 9.17) is 4.74 Å². The molecule has 1 saturated carbocycles. The predicted molar refractivity (Wildman–Crippen MR) is 77.4 cm³/mol. The van der Waals surface area contributed by atoms with Gasteiger partial charge in [0.25, 0.3) is 0 Å². The van der Waals surface area contributed by atoms with Gasteiger partial charge >= 0.3 is 0 Å². The van der Waals surface area contributed by atoms with Gasteiger partial charge in [0, 0.05) is 5.56 Å². The summed E-state index contributed by atoms with van der Waals surface area (Å²) in [5.74, 6) is 1.89. The van der Waals surface area contributed by atoms with Crippen molar-refractivity contribution < 1.29 is 4.74 Å². The van der Waals surface area contributed by atoms with Crippen LogP contribution < -0.4 is 4.74 Å². The van der Waals surface area contributed by atoms with Gasteiger partial charge in [-0.25, -0.2) is 0 Å². The van der Waals surface area contributed by atoms with E-state index in [1.54, 1.807) is 0 Å². The van der Waals surface area contributed by atoms with Crippen LogP contribution in [0.25, 0.3) is 0 Å². The zero-order valence-electron chi connectivity index (χ0n) is 11.9. The van der Waals surface area contributed by atoms with Crippen molar-refractivity contribution in [1.29, 1.82) is 0 Å². The van der Waals surface area contributed by atoms with Crippen LogP contribution in [0.5, 0.6) is 5.75 Å². The second-order valence-corrected chi connectivity index (χ2v) is 5.35. The molecule has 0 amide bonds. The van der Waals surface area contributed by atoms with Gasteiger partial charge in [0.05, 0.1) is 6.61 Å². The second kappa shape index (κ2) is 6.82. The lowest BCUT2D eigenvalue weighted by molar-refractivity contribution is 0.327. The molecule has 0 saturated heterocycles. The molecule has 1 aromatic carbocycles. The Labute approximate surface area is 112 Å². The van der Waals surface area contributed by atoms with Crippen molar-refractivity contribution >= 4 is 0 Å². The lowest BCUT2D eigenvalue weighted by Crippen LogP contribution is -2.10. The molecule has 0 unspecified atom stereocenters. The molecule has 18 heavy (non-hydrogen) atoms. The van der Waals surface area contributed by atoms with Crippen LogP contribution in [-0.4, -0.2) is 6.61 Å². The summed E-state index contributed by atoms with van der Waals surface area (Å²) in [6.45, 7) is 5.12. The Kier molecular flexibility index (Phi) is 5.10. The van der Waals surface area contributed by atoms with E-state index in [2.05, 4.69) is 32.0 Å². The Balaban J connectivity index is 2.31. The summed E-state index contributed by atoms with van der Waals surface area (Å²) >= 11 is 0. The van der Waals surface area contributed by atoms with Crippen molar-refractivity contribution in [2.75, 3.05) is 6.61 Å². The summed E-state index contributed by atoms with van der Waals surface area (Å²) in [5.41, 5.74) is 3.05. The highest BCUT2D eigenvalue weighted by Crippen LogP contribution is 2.39. The molecule has 100 valence electrons. The minimum Gasteiger partial charge on any atom is -0.494 e. The quantitative estimate of drug-likeness (QED) is 0.703. The zero-order chi connectivity index (χ0) is 12.8. The molecule has 0 atom stereocenters. The fourth-order valence-electron chi connectivity index (χ4n) is 3.21. The molecule has 2 rings (SSSR count). The van der Waals surface area contributed by atoms with E-state index < -0.39 is 0 Å². The third-order valence-electron chi connectivity index (χ3n) is 3.99. The first-order valence-electron chi connectivity index (χ1n) is 7.61. The van der Waals surface area contributed by atoms with Crippen LogP contribution in [0.4, 0.5) is 0 Å². The van der Waals surface area contributed by atoms with Gasteiger partial charge in [0.15, 0.2) is 0 Å². The molecular weight excluding hydrogens is 220 g/mol. The van der Waals surface area contributed by atoms with Gasteiger partial charge in [-0.3, -0.25) is 0 Å². The van der Waals surface area contributed by atoms with Gasteiger partial charge in [0.2, 0.25) is 0 Å². The lowest BCUT2D eigenvalue weighted by atomic mass is 9.81. The highest BCUT2D eigenvalue weighted by Gasteiger charge is 2.21. The first kappa shape index (κ1) is 13.5. The molecule has 1 fully saturated rings. The Morgan fingerprint density at radius 2 is 1.89 bits per heavy atom. The standard InChI is InChI=1S/C17H26O/c1-3-9-14-12-8-13-16(18-4-2)17(14)15-10-6-5-7-11-15/h8,12-13,15H,3-7,9-11H2,1-2H3. The first-order valence-corrected chi connectivity index (χ1v) is 7.61. The van der Waals surface area contributed by atoms with E-state index in [1.807, 2.05) is 0 Å². The first-order chi connectivity index (χ1) is 8.86. The molecule has 0 spiro atoms. The maximum absolute atomic E-state index is 5.88. The average molecular weight is 246 g/mol. The van der Waals surface area contributed by atoms with Crippen molar-refractivity contribution in [3.05, 3.63) is 29.3 Å². The Morgan fingerprint density at radius 1 is 1.11 bits per heavy atom. The van der Waals surface area contributed by atoms with Crippen molar-refractivity contribution in [2.45, 2.75) is 64.7 Å². The Morgan fingerprint density at radius 3 is 2.56 bits per heavy atom. The third-order valence-corrected chi connectivity index (χ3v) is 3.99. The van der Waals surface area contributed by atoms with Crippen molar-refractivity contribution in [3.63, 3.8) is 0 Å². The predicted octanol–water partition coefficient (Wildman–Crippen LogP) is 5.09. The van der Waals surface area contributed by atoms with Crippen LogP contribution in [0, 0.1) is 0 Å². The van der Waals surface area contributed by atoms with Crippen molar-refractivity contribution in [3.8, 4) is 5.75 Å². The van der Waals surface area contributed by atoms with Gasteiger partial charge < -0.3 is 4.74 Å². The number of benzene rings is 1. The van der Waals surface area contributed by atoms with E-state index in [0.29, 0.717) is 0 Å². The Bertz CT molecular complexity index is 340. The van der Waals surface area contributed by atoms with Gasteiger partial charge in [-0.2, -0.15) is 0 Å². The molecule has 0 bridgehead atoms. The summed E-state index contributed by atoms with van der Waals surface area (Å²) in [7, 11) is 0. The molecule has 0 radical (unpaired) electrons. The minimum absolute atomic E-state index is 0.739. The molecule has 1 aliphatic rings. The largest absolute Gasteiger partial charge is 0.494 e. The summed E-state index contributed by atoms with van der Waals surface area (Å²) in [4.78, 5) is 0. The molecule has 1 nitrogen and oxygen atoms in total. The third kappa shape index (κ3) is 3.07. The number of rotatable bonds is 5. The average Bonchev–Trinajstić information content (AvgIpc) is 2.41. The molecule has 1 aromatic rings. The van der Waals surface area contributed by atoms with Crippen molar-refractivity contribution in [1.82, 2.24) is 0 Å². The highest BCUT2D eigenvalue weighted by molar-refractivity contribution is 5.43. The van der Waals surface area contributed by atoms with Crippen LogP contribution in [0.2, 0.25) is 0 Å². The van der Waals surface area contributed by atoms with Gasteiger partial charge in [0.1, 0.15) is 5.75 Å². The van der Waals surface area contributed by atoms with Crippen LogP contribution in [-0.2, 0) is 6.42 Å². The zero-order valence-corrected chi connectivity index (χ0v) is 11.9. The fraction of sp³-hybridized carbons (Fsp3) is 0.647. The molecule has 0 aliphatic heterocycles. The van der Waals surface area contributed by atoms with Gasteiger partial charge in [-0.05, 0) is 43.7 Å². The molecular formula is C17H26O. The van der Waals surface area contributed by atoms with E-state index in [1.165, 1.54) is 56.1 Å². The molecule has 0 aromatic heterocycles. The maximum atomic E-state index is 5.88. The van der Waals surface area contributed by atoms with Gasteiger partial charge in [-0.15, -0.1) is 0 Å². The summed E-state index contributed by atoms with van der Waals surface area (Å²) in [6, 6.07) is 6.62. The van der Waals surface area contributed by atoms with Crippen LogP contribution >= 0.6 is 0 Å². The molecule has 1 heteroatoms. The second-order valence-electron chi connectivity index (χ2n) is 5.35. The maximum Gasteiger partial charge on any atom is 0.123 e. The van der Waals surface area contributed by atoms with Crippen LogP contribution in [0.1, 0.15) is 69.4 Å². The normalized spacial score (nSPS) is 16.8. The highest BCUT2D eigenvalue weighted by atomic mass is 16.5. The SMILES string of the molecule is CCCc1cccc(OCC)c1C1CCCCC1. The summed E-state index contributed by atoms with van der Waals surface area (Å²) < 4.78 is 5.88. The Hall–Kier alpha value is -0.980.